The molecule has 0 radical (unpaired) electrons. The van der Waals surface area contributed by atoms with E-state index in [0.717, 1.165) is 11.0 Å². The lowest BCUT2D eigenvalue weighted by Gasteiger charge is -1.98. The molecule has 0 fully saturated rings. The summed E-state index contributed by atoms with van der Waals surface area (Å²) in [6, 6.07) is 5.43. The number of nitrogens with one attached hydrogen (secondary N) is 1. The van der Waals surface area contributed by atoms with Gasteiger partial charge in [0.05, 0.1) is 11.0 Å². The summed E-state index contributed by atoms with van der Waals surface area (Å²) in [6.45, 7) is 0. The Morgan fingerprint density at radius 1 is 1.42 bits per heavy atom. The van der Waals surface area contributed by atoms with E-state index >= 15 is 0 Å². The molecule has 19 heavy (non-hydrogen) atoms. The van der Waals surface area contributed by atoms with Crippen molar-refractivity contribution < 1.29 is 0 Å². The van der Waals surface area contributed by atoms with E-state index < -0.39 is 0 Å². The lowest BCUT2D eigenvalue weighted by molar-refractivity contribution is 0.793. The number of nitrogens with zero attached hydrogens (tertiary/aromatic N) is 3. The number of aryl methyl sites for hydroxylation is 1. The fourth-order valence-corrected chi connectivity index (χ4v) is 2.52. The minimum atomic E-state index is -0.146. The van der Waals surface area contributed by atoms with Gasteiger partial charge in [-0.15, -0.1) is 0 Å². The number of aromatic amines is 1. The standard InChI is InChI=1S/C12H11N5OS/c1-17-5-4-14-10(11(17)18)19-12-15-8-3-2-7(13)6-9(8)16-12/h2-6H,13H2,1H3,(H,15,16). The SMILES string of the molecule is Cn1ccnc(Sc2nc3ccc(N)cc3[nH]2)c1=O. The molecule has 0 aliphatic carbocycles. The third-order valence-corrected chi connectivity index (χ3v) is 3.52. The predicted octanol–water partition coefficient (Wildman–Crippen LogP) is 1.39. The average Bonchev–Trinajstić information content (AvgIpc) is 2.76. The largest absolute Gasteiger partial charge is 0.399 e. The summed E-state index contributed by atoms with van der Waals surface area (Å²) < 4.78 is 1.48. The highest BCUT2D eigenvalue weighted by Gasteiger charge is 2.09. The first-order chi connectivity index (χ1) is 9.13. The zero-order valence-electron chi connectivity index (χ0n) is 10.1. The van der Waals surface area contributed by atoms with Crippen LogP contribution in [0.2, 0.25) is 0 Å². The Morgan fingerprint density at radius 3 is 3.11 bits per heavy atom. The van der Waals surface area contributed by atoms with Crippen molar-refractivity contribution in [2.24, 2.45) is 7.05 Å². The van der Waals surface area contributed by atoms with Crippen LogP contribution in [0.4, 0.5) is 5.69 Å². The molecule has 6 nitrogen and oxygen atoms in total. The van der Waals surface area contributed by atoms with Crippen LogP contribution in [0.5, 0.6) is 0 Å². The number of aromatic nitrogens is 4. The minimum Gasteiger partial charge on any atom is -0.399 e. The number of imidazole rings is 1. The first-order valence-electron chi connectivity index (χ1n) is 5.58. The molecule has 0 unspecified atom stereocenters. The van der Waals surface area contributed by atoms with Crippen LogP contribution in [-0.2, 0) is 7.05 Å². The molecule has 2 heterocycles. The molecule has 3 N–H and O–H groups in total. The van der Waals surface area contributed by atoms with Crippen molar-refractivity contribution in [3.63, 3.8) is 0 Å². The summed E-state index contributed by atoms with van der Waals surface area (Å²) in [5, 5.41) is 1.01. The number of nitrogens with two attached hydrogens (primary N) is 1. The fourth-order valence-electron chi connectivity index (χ4n) is 1.69. The van der Waals surface area contributed by atoms with E-state index in [2.05, 4.69) is 15.0 Å². The van der Waals surface area contributed by atoms with Gasteiger partial charge in [-0.1, -0.05) is 0 Å². The molecule has 0 saturated carbocycles. The van der Waals surface area contributed by atoms with Crippen LogP contribution in [0.1, 0.15) is 0 Å². The maximum absolute atomic E-state index is 11.9. The summed E-state index contributed by atoms with van der Waals surface area (Å²) in [5.41, 5.74) is 7.88. The Hall–Kier alpha value is -2.28. The van der Waals surface area contributed by atoms with Crippen LogP contribution < -0.4 is 11.3 Å². The molecule has 7 heteroatoms. The van der Waals surface area contributed by atoms with Crippen molar-refractivity contribution in [1.29, 1.82) is 0 Å². The summed E-state index contributed by atoms with van der Waals surface area (Å²) in [4.78, 5) is 23.4. The van der Waals surface area contributed by atoms with Crippen molar-refractivity contribution >= 4 is 28.5 Å². The quantitative estimate of drug-likeness (QED) is 0.689. The van der Waals surface area contributed by atoms with E-state index in [1.807, 2.05) is 12.1 Å². The Morgan fingerprint density at radius 2 is 2.26 bits per heavy atom. The number of benzene rings is 1. The van der Waals surface area contributed by atoms with Crippen LogP contribution in [0, 0.1) is 0 Å². The molecule has 2 aromatic heterocycles. The molecule has 1 aromatic carbocycles. The Balaban J connectivity index is 2.01. The zero-order valence-corrected chi connectivity index (χ0v) is 10.9. The first-order valence-corrected chi connectivity index (χ1v) is 6.40. The molecule has 0 aliphatic heterocycles. The van der Waals surface area contributed by atoms with Gasteiger partial charge in [0.2, 0.25) is 0 Å². The van der Waals surface area contributed by atoms with Crippen LogP contribution in [0.25, 0.3) is 11.0 Å². The molecule has 0 bridgehead atoms. The van der Waals surface area contributed by atoms with Gasteiger partial charge in [-0.3, -0.25) is 4.79 Å². The molecule has 96 valence electrons. The maximum Gasteiger partial charge on any atom is 0.283 e. The Labute approximate surface area is 112 Å². The average molecular weight is 273 g/mol. The molecule has 0 amide bonds. The highest BCUT2D eigenvalue weighted by Crippen LogP contribution is 2.24. The monoisotopic (exact) mass is 273 g/mol. The Bertz CT molecular complexity index is 807. The van der Waals surface area contributed by atoms with E-state index in [4.69, 9.17) is 5.73 Å². The molecular weight excluding hydrogens is 262 g/mol. The van der Waals surface area contributed by atoms with E-state index in [9.17, 15) is 4.79 Å². The Kier molecular flexibility index (Phi) is 2.75. The third-order valence-electron chi connectivity index (χ3n) is 2.66. The van der Waals surface area contributed by atoms with Crippen LogP contribution in [-0.4, -0.2) is 19.5 Å². The number of fused-ring (bicyclic) bond motifs is 1. The number of anilines is 1. The summed E-state index contributed by atoms with van der Waals surface area (Å²) >= 11 is 1.21. The van der Waals surface area contributed by atoms with Crippen molar-refractivity contribution in [2.45, 2.75) is 10.2 Å². The number of nitrogen functional groups attached to an aromatic ring is 1. The number of hydrogen-bond acceptors (Lipinski definition) is 5. The lowest BCUT2D eigenvalue weighted by Crippen LogP contribution is -2.18. The van der Waals surface area contributed by atoms with E-state index in [0.29, 0.717) is 15.9 Å². The van der Waals surface area contributed by atoms with Crippen molar-refractivity contribution in [3.8, 4) is 0 Å². The van der Waals surface area contributed by atoms with E-state index in [1.165, 1.54) is 16.3 Å². The molecule has 0 aliphatic rings. The first kappa shape index (κ1) is 11.8. The second-order valence-corrected chi connectivity index (χ2v) is 5.05. The topological polar surface area (TPSA) is 89.6 Å². The van der Waals surface area contributed by atoms with E-state index in [-0.39, 0.29) is 5.56 Å². The van der Waals surface area contributed by atoms with Gasteiger partial charge in [-0.2, -0.15) is 0 Å². The summed E-state index contributed by atoms with van der Waals surface area (Å²) in [7, 11) is 1.69. The van der Waals surface area contributed by atoms with Crippen LogP contribution >= 0.6 is 11.8 Å². The molecule has 0 atom stereocenters. The number of H-pyrrole nitrogens is 1. The summed E-state index contributed by atoms with van der Waals surface area (Å²) in [6.07, 6.45) is 3.20. The van der Waals surface area contributed by atoms with Gasteiger partial charge < -0.3 is 15.3 Å². The normalized spacial score (nSPS) is 11.0. The van der Waals surface area contributed by atoms with Gasteiger partial charge in [-0.25, -0.2) is 9.97 Å². The molecular formula is C12H11N5OS. The van der Waals surface area contributed by atoms with Gasteiger partial charge in [0, 0.05) is 25.1 Å². The number of rotatable bonds is 2. The second kappa shape index (κ2) is 4.43. The van der Waals surface area contributed by atoms with Crippen molar-refractivity contribution in [1.82, 2.24) is 19.5 Å². The van der Waals surface area contributed by atoms with Crippen LogP contribution in [0.3, 0.4) is 0 Å². The van der Waals surface area contributed by atoms with Gasteiger partial charge in [0.25, 0.3) is 5.56 Å². The van der Waals surface area contributed by atoms with Gasteiger partial charge in [0.1, 0.15) is 0 Å². The highest BCUT2D eigenvalue weighted by molar-refractivity contribution is 7.99. The number of hydrogen-bond donors (Lipinski definition) is 2. The molecule has 0 spiro atoms. The highest BCUT2D eigenvalue weighted by atomic mass is 32.2. The third kappa shape index (κ3) is 2.19. The molecule has 3 rings (SSSR count). The minimum absolute atomic E-state index is 0.146. The maximum atomic E-state index is 11.9. The smallest absolute Gasteiger partial charge is 0.283 e. The van der Waals surface area contributed by atoms with Gasteiger partial charge in [-0.05, 0) is 30.0 Å². The zero-order chi connectivity index (χ0) is 13.4. The van der Waals surface area contributed by atoms with Crippen LogP contribution in [0.15, 0.2) is 45.6 Å². The van der Waals surface area contributed by atoms with E-state index in [1.54, 1.807) is 25.5 Å². The van der Waals surface area contributed by atoms with Crippen molar-refractivity contribution in [3.05, 3.63) is 40.9 Å². The van der Waals surface area contributed by atoms with Crippen molar-refractivity contribution in [2.75, 3.05) is 5.73 Å². The summed E-state index contributed by atoms with van der Waals surface area (Å²) in [5.74, 6) is 0. The molecule has 0 saturated heterocycles. The van der Waals surface area contributed by atoms with Gasteiger partial charge in [0.15, 0.2) is 10.2 Å². The van der Waals surface area contributed by atoms with Gasteiger partial charge >= 0.3 is 0 Å². The second-order valence-electron chi connectivity index (χ2n) is 4.07. The lowest BCUT2D eigenvalue weighted by atomic mass is 10.3. The predicted molar refractivity (Wildman–Crippen MR) is 74.1 cm³/mol. The fraction of sp³-hybridized carbons (Fsp3) is 0.0833. The molecule has 3 aromatic rings.